The highest BCUT2D eigenvalue weighted by Crippen LogP contribution is 2.30. The van der Waals surface area contributed by atoms with Crippen LogP contribution in [0.25, 0.3) is 0 Å². The normalized spacial score (nSPS) is 15.8. The molecule has 0 spiro atoms. The smallest absolute Gasteiger partial charge is 0.399 e. The second-order valence-corrected chi connectivity index (χ2v) is 7.03. The lowest BCUT2D eigenvalue weighted by atomic mass is 9.81. The molecule has 1 aliphatic rings. The van der Waals surface area contributed by atoms with E-state index in [2.05, 4.69) is 23.2 Å². The molecule has 1 nitrogen and oxygen atoms in total. The molecule has 2 aromatic carbocycles. The maximum absolute atomic E-state index is 13.8. The van der Waals surface area contributed by atoms with E-state index < -0.39 is 23.7 Å². The molecule has 0 saturated heterocycles. The summed E-state index contributed by atoms with van der Waals surface area (Å²) in [5.74, 6) is 1.66. The summed E-state index contributed by atoms with van der Waals surface area (Å²) < 4.78 is 67.5. The highest BCUT2D eigenvalue weighted by molar-refractivity contribution is 5.48. The first-order chi connectivity index (χ1) is 13.7. The Morgan fingerprint density at radius 2 is 1.72 bits per heavy atom. The van der Waals surface area contributed by atoms with E-state index in [9.17, 15) is 22.0 Å². The number of halogens is 5. The minimum Gasteiger partial charge on any atom is -0.399 e. The van der Waals surface area contributed by atoms with Crippen LogP contribution < -0.4 is 4.74 Å². The van der Waals surface area contributed by atoms with E-state index >= 15 is 0 Å². The number of hydrogen-bond acceptors (Lipinski definition) is 1. The quantitative estimate of drug-likeness (QED) is 0.327. The van der Waals surface area contributed by atoms with Crippen LogP contribution in [0.2, 0.25) is 0 Å². The van der Waals surface area contributed by atoms with Crippen LogP contribution in [0, 0.1) is 29.4 Å². The predicted molar refractivity (Wildman–Crippen MR) is 100 cm³/mol. The minimum absolute atomic E-state index is 0.0725. The Morgan fingerprint density at radius 1 is 1.03 bits per heavy atom. The molecule has 29 heavy (non-hydrogen) atoms. The topological polar surface area (TPSA) is 9.23 Å². The van der Waals surface area contributed by atoms with Gasteiger partial charge in [0.25, 0.3) is 0 Å². The molecule has 152 valence electrons. The van der Waals surface area contributed by atoms with Crippen LogP contribution in [0.4, 0.5) is 22.0 Å². The summed E-state index contributed by atoms with van der Waals surface area (Å²) in [6.45, 7) is 3.76. The Labute approximate surface area is 166 Å². The lowest BCUT2D eigenvalue weighted by Crippen LogP contribution is -2.19. The number of ether oxygens (including phenoxy) is 1. The Kier molecular flexibility index (Phi) is 6.26. The van der Waals surface area contributed by atoms with Gasteiger partial charge in [-0.3, -0.25) is 0 Å². The molecule has 0 fully saturated rings. The summed E-state index contributed by atoms with van der Waals surface area (Å²) in [5.41, 5.74) is 3.10. The molecular weight excluding hydrogens is 387 g/mol. The van der Waals surface area contributed by atoms with Crippen molar-refractivity contribution >= 4 is 0 Å². The molecule has 2 aromatic rings. The van der Waals surface area contributed by atoms with Crippen LogP contribution in [-0.2, 0) is 12.8 Å². The van der Waals surface area contributed by atoms with Gasteiger partial charge in [-0.2, -0.15) is 0 Å². The molecule has 1 aliphatic carbocycles. The van der Waals surface area contributed by atoms with Gasteiger partial charge in [-0.15, -0.1) is 19.8 Å². The van der Waals surface area contributed by atoms with E-state index in [1.54, 1.807) is 0 Å². The summed E-state index contributed by atoms with van der Waals surface area (Å²) in [6, 6.07) is 7.26. The summed E-state index contributed by atoms with van der Waals surface area (Å²) in [5, 5.41) is 0. The lowest BCUT2D eigenvalue weighted by molar-refractivity contribution is -0.276. The van der Waals surface area contributed by atoms with E-state index in [-0.39, 0.29) is 5.56 Å². The third-order valence-electron chi connectivity index (χ3n) is 4.88. The van der Waals surface area contributed by atoms with Gasteiger partial charge in [-0.05, 0) is 73.4 Å². The first-order valence-electron chi connectivity index (χ1n) is 9.24. The fourth-order valence-electron chi connectivity index (χ4n) is 3.50. The Hall–Kier alpha value is -2.81. The summed E-state index contributed by atoms with van der Waals surface area (Å²) >= 11 is 0. The van der Waals surface area contributed by atoms with E-state index in [0.717, 1.165) is 44.2 Å². The number of allylic oxidation sites excluding steroid dienone is 1. The summed E-state index contributed by atoms with van der Waals surface area (Å²) in [4.78, 5) is 0. The molecule has 0 heterocycles. The molecule has 0 saturated carbocycles. The van der Waals surface area contributed by atoms with E-state index in [1.807, 2.05) is 24.3 Å². The van der Waals surface area contributed by atoms with Crippen LogP contribution in [0.15, 0.2) is 43.0 Å². The fourth-order valence-corrected chi connectivity index (χ4v) is 3.50. The molecule has 0 aromatic heterocycles. The maximum atomic E-state index is 13.8. The van der Waals surface area contributed by atoms with Gasteiger partial charge in [0.05, 0.1) is 0 Å². The molecule has 1 atom stereocenters. The van der Waals surface area contributed by atoms with Gasteiger partial charge in [0, 0.05) is 11.1 Å². The molecule has 0 bridgehead atoms. The van der Waals surface area contributed by atoms with Crippen molar-refractivity contribution in [3.63, 3.8) is 0 Å². The number of fused-ring (bicyclic) bond motifs is 1. The molecule has 0 amide bonds. The molecule has 3 rings (SSSR count). The summed E-state index contributed by atoms with van der Waals surface area (Å²) in [6.07, 6.45) is 1.92. The van der Waals surface area contributed by atoms with Crippen molar-refractivity contribution in [2.24, 2.45) is 5.92 Å². The molecule has 0 N–H and O–H groups in total. The van der Waals surface area contributed by atoms with Gasteiger partial charge in [-0.25, -0.2) is 8.78 Å². The van der Waals surface area contributed by atoms with Gasteiger partial charge in [-0.1, -0.05) is 24.0 Å². The van der Waals surface area contributed by atoms with E-state index in [4.69, 9.17) is 0 Å². The van der Waals surface area contributed by atoms with Crippen LogP contribution in [0.3, 0.4) is 0 Å². The van der Waals surface area contributed by atoms with Crippen molar-refractivity contribution in [1.82, 2.24) is 0 Å². The average Bonchev–Trinajstić information content (AvgIpc) is 2.66. The number of rotatable bonds is 4. The maximum Gasteiger partial charge on any atom is 0.573 e. The fraction of sp³-hybridized carbons (Fsp3) is 0.304. The van der Waals surface area contributed by atoms with Gasteiger partial charge >= 0.3 is 6.36 Å². The molecule has 0 radical (unpaired) electrons. The minimum atomic E-state index is -5.18. The largest absolute Gasteiger partial charge is 0.573 e. The molecular formula is C23H19F5O. The predicted octanol–water partition coefficient (Wildman–Crippen LogP) is 6.33. The first kappa shape index (κ1) is 20.9. The highest BCUT2D eigenvalue weighted by Gasteiger charge is 2.34. The summed E-state index contributed by atoms with van der Waals surface area (Å²) in [7, 11) is 0. The van der Waals surface area contributed by atoms with Crippen LogP contribution in [0.5, 0.6) is 5.75 Å². The second kappa shape index (κ2) is 8.69. The Balaban J connectivity index is 1.76. The van der Waals surface area contributed by atoms with Crippen molar-refractivity contribution in [3.8, 4) is 17.6 Å². The van der Waals surface area contributed by atoms with Crippen molar-refractivity contribution in [1.29, 1.82) is 0 Å². The zero-order valence-electron chi connectivity index (χ0n) is 15.6. The highest BCUT2D eigenvalue weighted by atomic mass is 19.4. The van der Waals surface area contributed by atoms with E-state index in [1.165, 1.54) is 11.1 Å². The van der Waals surface area contributed by atoms with Crippen LogP contribution in [0.1, 0.15) is 41.5 Å². The SMILES string of the molecule is C=CCCC1CCc2cc(C#Cc3cc(F)c(OC(F)(F)F)c(F)c3)ccc2C1. The second-order valence-electron chi connectivity index (χ2n) is 7.03. The number of benzene rings is 2. The average molecular weight is 406 g/mol. The number of alkyl halides is 3. The van der Waals surface area contributed by atoms with Crippen molar-refractivity contribution in [2.45, 2.75) is 38.5 Å². The zero-order valence-corrected chi connectivity index (χ0v) is 15.6. The molecule has 0 aliphatic heterocycles. The zero-order chi connectivity index (χ0) is 21.0. The Bertz CT molecular complexity index is 942. The van der Waals surface area contributed by atoms with Crippen molar-refractivity contribution < 1.29 is 26.7 Å². The van der Waals surface area contributed by atoms with Crippen molar-refractivity contribution in [2.75, 3.05) is 0 Å². The number of hydrogen-bond donors (Lipinski definition) is 0. The molecule has 1 unspecified atom stereocenters. The van der Waals surface area contributed by atoms with Gasteiger partial charge < -0.3 is 4.74 Å². The Morgan fingerprint density at radius 3 is 2.38 bits per heavy atom. The first-order valence-corrected chi connectivity index (χ1v) is 9.24. The third-order valence-corrected chi connectivity index (χ3v) is 4.88. The van der Waals surface area contributed by atoms with Crippen LogP contribution in [-0.4, -0.2) is 6.36 Å². The van der Waals surface area contributed by atoms with E-state index in [0.29, 0.717) is 11.5 Å². The molecule has 6 heteroatoms. The van der Waals surface area contributed by atoms with Gasteiger partial charge in [0.15, 0.2) is 11.6 Å². The van der Waals surface area contributed by atoms with Gasteiger partial charge in [0.1, 0.15) is 0 Å². The number of aryl methyl sites for hydroxylation is 1. The standard InChI is InChI=1S/C23H19F5O/c1-2-3-4-15-7-9-19-12-16(8-10-18(19)11-15)5-6-17-13-20(24)22(21(25)14-17)29-23(26,27)28/h2,8,10,12-15H,1,3-4,7,9,11H2. The monoisotopic (exact) mass is 406 g/mol. The third kappa shape index (κ3) is 5.60. The lowest BCUT2D eigenvalue weighted by Gasteiger charge is -2.24. The van der Waals surface area contributed by atoms with Gasteiger partial charge in [0.2, 0.25) is 5.75 Å². The van der Waals surface area contributed by atoms with Crippen molar-refractivity contribution in [3.05, 3.63) is 76.9 Å². The van der Waals surface area contributed by atoms with Crippen LogP contribution >= 0.6 is 0 Å².